The van der Waals surface area contributed by atoms with Crippen molar-refractivity contribution in [2.45, 2.75) is 19.9 Å². The Labute approximate surface area is 146 Å². The van der Waals surface area contributed by atoms with Gasteiger partial charge in [0.05, 0.1) is 11.6 Å². The monoisotopic (exact) mass is 336 g/mol. The van der Waals surface area contributed by atoms with E-state index >= 15 is 0 Å². The molecule has 3 rings (SSSR count). The summed E-state index contributed by atoms with van der Waals surface area (Å²) in [6.45, 7) is 3.77. The molecule has 1 unspecified atom stereocenters. The maximum absolute atomic E-state index is 12.6. The predicted octanol–water partition coefficient (Wildman–Crippen LogP) is 3.59. The van der Waals surface area contributed by atoms with Crippen LogP contribution in [0.1, 0.15) is 25.5 Å². The largest absolute Gasteiger partial charge is 0.458 e. The molecule has 1 aliphatic heterocycles. The summed E-state index contributed by atoms with van der Waals surface area (Å²) in [5.74, 6) is -0.443. The van der Waals surface area contributed by atoms with Gasteiger partial charge in [0.2, 0.25) is 0 Å². The highest BCUT2D eigenvalue weighted by Crippen LogP contribution is 2.32. The average molecular weight is 336 g/mol. The number of carbonyl (C=O) groups is 2. The highest BCUT2D eigenvalue weighted by Gasteiger charge is 2.32. The van der Waals surface area contributed by atoms with E-state index < -0.39 is 12.0 Å². The smallest absolute Gasteiger partial charge is 0.338 e. The lowest BCUT2D eigenvalue weighted by Gasteiger charge is -2.28. The zero-order chi connectivity index (χ0) is 17.8. The topological polar surface area (TPSA) is 67.4 Å². The molecule has 2 aromatic rings. The molecule has 0 aliphatic carbocycles. The lowest BCUT2D eigenvalue weighted by atomic mass is 9.91. The number of nitrogens with one attached hydrogen (secondary N) is 2. The number of ether oxygens (including phenoxy) is 1. The van der Waals surface area contributed by atoms with Gasteiger partial charge < -0.3 is 15.4 Å². The number of allylic oxidation sites excluding steroid dienone is 2. The number of amides is 2. The fraction of sp³-hybridized carbons (Fsp3) is 0.200. The molecule has 0 fully saturated rings. The molecule has 1 aliphatic rings. The SMILES string of the molecule is C/C=C/COC(=O)C1=C(C)NC(=O)NC1c1cccc2ccccc12. The molecule has 1 atom stereocenters. The van der Waals surface area contributed by atoms with Crippen molar-refractivity contribution in [1.82, 2.24) is 10.6 Å². The first-order chi connectivity index (χ1) is 12.1. The summed E-state index contributed by atoms with van der Waals surface area (Å²) in [5.41, 5.74) is 1.79. The molecule has 128 valence electrons. The van der Waals surface area contributed by atoms with Crippen LogP contribution in [0.25, 0.3) is 10.8 Å². The van der Waals surface area contributed by atoms with Gasteiger partial charge in [-0.25, -0.2) is 9.59 Å². The Morgan fingerprint density at radius 2 is 1.96 bits per heavy atom. The van der Waals surface area contributed by atoms with Gasteiger partial charge in [0.25, 0.3) is 0 Å². The highest BCUT2D eigenvalue weighted by atomic mass is 16.5. The number of benzene rings is 2. The Hall–Kier alpha value is -3.08. The van der Waals surface area contributed by atoms with Gasteiger partial charge in [-0.05, 0) is 30.2 Å². The van der Waals surface area contributed by atoms with Crippen molar-refractivity contribution in [2.24, 2.45) is 0 Å². The molecular weight excluding hydrogens is 316 g/mol. The van der Waals surface area contributed by atoms with E-state index in [1.165, 1.54) is 0 Å². The van der Waals surface area contributed by atoms with Gasteiger partial charge in [-0.1, -0.05) is 54.6 Å². The van der Waals surface area contributed by atoms with E-state index in [1.807, 2.05) is 55.5 Å². The molecule has 5 nitrogen and oxygen atoms in total. The van der Waals surface area contributed by atoms with Crippen LogP contribution in [0.2, 0.25) is 0 Å². The second-order valence-corrected chi connectivity index (χ2v) is 5.81. The maximum atomic E-state index is 12.6. The molecule has 0 radical (unpaired) electrons. The third-order valence-electron chi connectivity index (χ3n) is 4.17. The summed E-state index contributed by atoms with van der Waals surface area (Å²) in [7, 11) is 0. The second kappa shape index (κ2) is 7.21. The van der Waals surface area contributed by atoms with E-state index in [0.29, 0.717) is 11.3 Å². The van der Waals surface area contributed by atoms with E-state index in [4.69, 9.17) is 4.74 Å². The molecule has 0 saturated carbocycles. The van der Waals surface area contributed by atoms with Crippen molar-refractivity contribution in [1.29, 1.82) is 0 Å². The van der Waals surface area contributed by atoms with E-state index in [1.54, 1.807) is 13.0 Å². The van der Waals surface area contributed by atoms with Crippen molar-refractivity contribution >= 4 is 22.8 Å². The Kier molecular flexibility index (Phi) is 4.84. The van der Waals surface area contributed by atoms with Crippen LogP contribution >= 0.6 is 0 Å². The van der Waals surface area contributed by atoms with Crippen LogP contribution in [0.4, 0.5) is 4.79 Å². The molecular formula is C20H20N2O3. The van der Waals surface area contributed by atoms with Crippen LogP contribution in [-0.2, 0) is 9.53 Å². The van der Waals surface area contributed by atoms with Gasteiger partial charge in [-0.15, -0.1) is 0 Å². The normalized spacial score (nSPS) is 17.5. The number of fused-ring (bicyclic) bond motifs is 1. The van der Waals surface area contributed by atoms with Crippen molar-refractivity contribution in [3.63, 3.8) is 0 Å². The van der Waals surface area contributed by atoms with Crippen molar-refractivity contribution in [2.75, 3.05) is 6.61 Å². The summed E-state index contributed by atoms with van der Waals surface area (Å²) >= 11 is 0. The fourth-order valence-electron chi connectivity index (χ4n) is 3.00. The van der Waals surface area contributed by atoms with Crippen molar-refractivity contribution in [3.05, 3.63) is 71.5 Å². The first-order valence-electron chi connectivity index (χ1n) is 8.16. The molecule has 1 heterocycles. The van der Waals surface area contributed by atoms with Gasteiger partial charge in [-0.2, -0.15) is 0 Å². The van der Waals surface area contributed by atoms with Crippen LogP contribution in [0.15, 0.2) is 65.9 Å². The molecule has 2 aromatic carbocycles. The van der Waals surface area contributed by atoms with Crippen LogP contribution in [0, 0.1) is 0 Å². The number of esters is 1. The number of hydrogen-bond donors (Lipinski definition) is 2. The Bertz CT molecular complexity index is 878. The minimum Gasteiger partial charge on any atom is -0.458 e. The van der Waals surface area contributed by atoms with Crippen LogP contribution in [0.3, 0.4) is 0 Å². The van der Waals surface area contributed by atoms with E-state index in [2.05, 4.69) is 10.6 Å². The van der Waals surface area contributed by atoms with Gasteiger partial charge in [0.15, 0.2) is 0 Å². The number of urea groups is 1. The molecule has 0 saturated heterocycles. The van der Waals surface area contributed by atoms with Crippen LogP contribution < -0.4 is 10.6 Å². The molecule has 0 spiro atoms. The van der Waals surface area contributed by atoms with Crippen molar-refractivity contribution < 1.29 is 14.3 Å². The lowest BCUT2D eigenvalue weighted by Crippen LogP contribution is -2.45. The van der Waals surface area contributed by atoms with Gasteiger partial charge >= 0.3 is 12.0 Å². The second-order valence-electron chi connectivity index (χ2n) is 5.81. The summed E-state index contributed by atoms with van der Waals surface area (Å²) in [4.78, 5) is 24.6. The number of hydrogen-bond acceptors (Lipinski definition) is 3. The van der Waals surface area contributed by atoms with Crippen LogP contribution in [-0.4, -0.2) is 18.6 Å². The summed E-state index contributed by atoms with van der Waals surface area (Å²) in [6, 6.07) is 12.8. The van der Waals surface area contributed by atoms with E-state index in [0.717, 1.165) is 16.3 Å². The molecule has 5 heteroatoms. The molecule has 0 bridgehead atoms. The van der Waals surface area contributed by atoms with E-state index in [-0.39, 0.29) is 12.6 Å². The molecule has 2 amide bonds. The van der Waals surface area contributed by atoms with Gasteiger partial charge in [-0.3, -0.25) is 0 Å². The predicted molar refractivity (Wildman–Crippen MR) is 96.8 cm³/mol. The first-order valence-corrected chi connectivity index (χ1v) is 8.16. The Morgan fingerprint density at radius 1 is 1.20 bits per heavy atom. The molecule has 0 aromatic heterocycles. The van der Waals surface area contributed by atoms with Gasteiger partial charge in [0, 0.05) is 5.70 Å². The average Bonchev–Trinajstić information content (AvgIpc) is 2.60. The maximum Gasteiger partial charge on any atom is 0.338 e. The zero-order valence-corrected chi connectivity index (χ0v) is 14.2. The number of carbonyl (C=O) groups excluding carboxylic acids is 2. The summed E-state index contributed by atoms with van der Waals surface area (Å²) < 4.78 is 5.32. The summed E-state index contributed by atoms with van der Waals surface area (Å²) in [6.07, 6.45) is 3.58. The van der Waals surface area contributed by atoms with Crippen LogP contribution in [0.5, 0.6) is 0 Å². The standard InChI is InChI=1S/C20H20N2O3/c1-3-4-12-25-19(23)17-13(2)21-20(24)22-18(17)16-11-7-9-14-8-5-6-10-15(14)16/h3-11,18H,12H2,1-2H3,(H2,21,22,24)/b4-3+. The minimum atomic E-state index is -0.557. The Morgan fingerprint density at radius 3 is 2.76 bits per heavy atom. The Balaban J connectivity index is 2.06. The third-order valence-corrected chi connectivity index (χ3v) is 4.17. The fourth-order valence-corrected chi connectivity index (χ4v) is 3.00. The zero-order valence-electron chi connectivity index (χ0n) is 14.2. The summed E-state index contributed by atoms with van der Waals surface area (Å²) in [5, 5.41) is 7.55. The van der Waals surface area contributed by atoms with E-state index in [9.17, 15) is 9.59 Å². The highest BCUT2D eigenvalue weighted by molar-refractivity contribution is 5.97. The quantitative estimate of drug-likeness (QED) is 0.662. The lowest BCUT2D eigenvalue weighted by molar-refractivity contribution is -0.138. The first kappa shape index (κ1) is 16.8. The third kappa shape index (κ3) is 3.40. The minimum absolute atomic E-state index is 0.197. The van der Waals surface area contributed by atoms with Gasteiger partial charge in [0.1, 0.15) is 6.61 Å². The van der Waals surface area contributed by atoms with Crippen molar-refractivity contribution in [3.8, 4) is 0 Å². The molecule has 25 heavy (non-hydrogen) atoms. The number of rotatable bonds is 4. The molecule has 2 N–H and O–H groups in total.